The van der Waals surface area contributed by atoms with E-state index in [9.17, 15) is 0 Å². The summed E-state index contributed by atoms with van der Waals surface area (Å²) in [5.74, 6) is 0. The fourth-order valence-electron chi connectivity index (χ4n) is 2.18. The molecule has 0 saturated heterocycles. The van der Waals surface area contributed by atoms with Crippen LogP contribution in [0.5, 0.6) is 0 Å². The van der Waals surface area contributed by atoms with E-state index in [1.165, 1.54) is 10.4 Å². The van der Waals surface area contributed by atoms with Crippen LogP contribution in [0.2, 0.25) is 0 Å². The number of hydrogen-bond donors (Lipinski definition) is 1. The molecule has 1 unspecified atom stereocenters. The molecule has 0 spiro atoms. The van der Waals surface area contributed by atoms with Crippen LogP contribution in [0.1, 0.15) is 44.0 Å². The second-order valence-electron chi connectivity index (χ2n) is 4.97. The zero-order valence-corrected chi connectivity index (χ0v) is 13.9. The Hall–Kier alpha value is -1.23. The average molecular weight is 304 g/mol. The maximum Gasteiger partial charge on any atom is 0.122 e. The summed E-state index contributed by atoms with van der Waals surface area (Å²) < 4.78 is 5.69. The summed E-state index contributed by atoms with van der Waals surface area (Å²) in [5.41, 5.74) is 2.36. The summed E-state index contributed by atoms with van der Waals surface area (Å²) in [5, 5.41) is 4.51. The molecule has 0 bridgehead atoms. The van der Waals surface area contributed by atoms with Gasteiger partial charge in [-0.3, -0.25) is 0 Å². The van der Waals surface area contributed by atoms with E-state index in [0.717, 1.165) is 30.2 Å². The van der Waals surface area contributed by atoms with Gasteiger partial charge in [-0.2, -0.15) is 0 Å². The molecule has 1 atom stereocenters. The highest BCUT2D eigenvalue weighted by atomic mass is 32.1. The van der Waals surface area contributed by atoms with Gasteiger partial charge in [-0.15, -0.1) is 11.3 Å². The summed E-state index contributed by atoms with van der Waals surface area (Å²) in [6.45, 7) is 8.81. The molecule has 0 radical (unpaired) electrons. The van der Waals surface area contributed by atoms with Crippen molar-refractivity contribution in [2.24, 2.45) is 0 Å². The van der Waals surface area contributed by atoms with Gasteiger partial charge in [0.2, 0.25) is 0 Å². The van der Waals surface area contributed by atoms with Crippen molar-refractivity contribution in [2.75, 3.05) is 13.2 Å². The van der Waals surface area contributed by atoms with Crippen molar-refractivity contribution in [1.82, 2.24) is 10.3 Å². The predicted octanol–water partition coefficient (Wildman–Crippen LogP) is 4.41. The van der Waals surface area contributed by atoms with E-state index in [4.69, 9.17) is 9.72 Å². The quantitative estimate of drug-likeness (QED) is 0.734. The fraction of sp³-hybridized carbons (Fsp3) is 0.471. The summed E-state index contributed by atoms with van der Waals surface area (Å²) in [6.07, 6.45) is 1.19. The van der Waals surface area contributed by atoms with Gasteiger partial charge in [-0.25, -0.2) is 4.98 Å². The first-order valence-corrected chi connectivity index (χ1v) is 8.45. The molecule has 2 aromatic rings. The first-order chi connectivity index (χ1) is 10.3. The van der Waals surface area contributed by atoms with Crippen LogP contribution in [0.25, 0.3) is 10.4 Å². The number of ether oxygens (including phenoxy) is 1. The Kier molecular flexibility index (Phi) is 6.36. The minimum atomic E-state index is 0.0578. The molecule has 3 nitrogen and oxygen atoms in total. The lowest BCUT2D eigenvalue weighted by Gasteiger charge is -2.06. The zero-order valence-electron chi connectivity index (χ0n) is 13.1. The lowest BCUT2D eigenvalue weighted by Crippen LogP contribution is -2.14. The Morgan fingerprint density at radius 3 is 2.67 bits per heavy atom. The minimum absolute atomic E-state index is 0.0578. The Morgan fingerprint density at radius 1 is 1.24 bits per heavy atom. The monoisotopic (exact) mass is 304 g/mol. The highest BCUT2D eigenvalue weighted by Gasteiger charge is 2.16. The van der Waals surface area contributed by atoms with Gasteiger partial charge in [-0.05, 0) is 32.4 Å². The predicted molar refractivity (Wildman–Crippen MR) is 89.6 cm³/mol. The van der Waals surface area contributed by atoms with Gasteiger partial charge in [-0.1, -0.05) is 37.3 Å². The van der Waals surface area contributed by atoms with E-state index in [2.05, 4.69) is 43.4 Å². The highest BCUT2D eigenvalue weighted by molar-refractivity contribution is 7.15. The third kappa shape index (κ3) is 4.37. The van der Waals surface area contributed by atoms with E-state index < -0.39 is 0 Å². The molecule has 0 aliphatic heterocycles. The lowest BCUT2D eigenvalue weighted by molar-refractivity contribution is 0.0761. The molecule has 21 heavy (non-hydrogen) atoms. The van der Waals surface area contributed by atoms with Crippen molar-refractivity contribution >= 4 is 11.3 Å². The van der Waals surface area contributed by atoms with Crippen LogP contribution >= 0.6 is 11.3 Å². The lowest BCUT2D eigenvalue weighted by atomic mass is 10.1. The number of aromatic nitrogens is 1. The van der Waals surface area contributed by atoms with Crippen molar-refractivity contribution < 1.29 is 4.74 Å². The van der Waals surface area contributed by atoms with Crippen LogP contribution < -0.4 is 5.32 Å². The normalized spacial score (nSPS) is 12.5. The van der Waals surface area contributed by atoms with Gasteiger partial charge in [0, 0.05) is 13.2 Å². The van der Waals surface area contributed by atoms with E-state index in [0.29, 0.717) is 6.61 Å². The van der Waals surface area contributed by atoms with E-state index in [1.54, 1.807) is 11.3 Å². The molecule has 0 fully saturated rings. The molecule has 0 amide bonds. The van der Waals surface area contributed by atoms with Crippen molar-refractivity contribution in [2.45, 2.75) is 39.8 Å². The smallest absolute Gasteiger partial charge is 0.122 e. The molecule has 114 valence electrons. The van der Waals surface area contributed by atoms with Crippen molar-refractivity contribution in [1.29, 1.82) is 0 Å². The molecule has 2 rings (SSSR count). The van der Waals surface area contributed by atoms with Gasteiger partial charge >= 0.3 is 0 Å². The molecular weight excluding hydrogens is 280 g/mol. The van der Waals surface area contributed by atoms with E-state index in [1.807, 2.05) is 13.0 Å². The molecule has 1 heterocycles. The molecule has 1 aromatic carbocycles. The number of rotatable bonds is 8. The minimum Gasteiger partial charge on any atom is -0.372 e. The Labute approximate surface area is 131 Å². The molecule has 1 N–H and O–H groups in total. The zero-order chi connectivity index (χ0) is 15.1. The van der Waals surface area contributed by atoms with Crippen molar-refractivity contribution in [3.8, 4) is 10.4 Å². The van der Waals surface area contributed by atoms with Crippen molar-refractivity contribution in [3.63, 3.8) is 0 Å². The second kappa shape index (κ2) is 8.27. The molecule has 0 aliphatic rings. The first-order valence-electron chi connectivity index (χ1n) is 7.63. The van der Waals surface area contributed by atoms with Crippen LogP contribution in [0.3, 0.4) is 0 Å². The fourth-order valence-corrected chi connectivity index (χ4v) is 3.27. The third-order valence-electron chi connectivity index (χ3n) is 3.23. The molecule has 1 aromatic heterocycles. The summed E-state index contributed by atoms with van der Waals surface area (Å²) in [4.78, 5) is 6.06. The first kappa shape index (κ1) is 16.1. The summed E-state index contributed by atoms with van der Waals surface area (Å²) >= 11 is 1.74. The standard InChI is InChI=1S/C17H24N2OS/c1-4-11-18-12-15-16(14-9-7-6-8-10-14)21-17(19-15)13(3)20-5-2/h6-10,13,18H,4-5,11-12H2,1-3H3. The number of thiazole rings is 1. The molecular formula is C17H24N2OS. The summed E-state index contributed by atoms with van der Waals surface area (Å²) in [7, 11) is 0. The van der Waals surface area contributed by atoms with Gasteiger partial charge in [0.1, 0.15) is 11.1 Å². The van der Waals surface area contributed by atoms with E-state index >= 15 is 0 Å². The largest absolute Gasteiger partial charge is 0.372 e. The average Bonchev–Trinajstić information content (AvgIpc) is 2.93. The highest BCUT2D eigenvalue weighted by Crippen LogP contribution is 2.33. The van der Waals surface area contributed by atoms with Crippen LogP contribution in [0.15, 0.2) is 30.3 Å². The SMILES string of the molecule is CCCNCc1nc(C(C)OCC)sc1-c1ccccc1. The maximum absolute atomic E-state index is 5.69. The number of benzene rings is 1. The van der Waals surface area contributed by atoms with Crippen LogP contribution in [0.4, 0.5) is 0 Å². The second-order valence-corrected chi connectivity index (χ2v) is 6.00. The molecule has 0 saturated carbocycles. The number of nitrogens with one attached hydrogen (secondary N) is 1. The Bertz CT molecular complexity index is 539. The molecule has 0 aliphatic carbocycles. The van der Waals surface area contributed by atoms with Gasteiger partial charge in [0.05, 0.1) is 10.6 Å². The number of nitrogens with zero attached hydrogens (tertiary/aromatic N) is 1. The summed E-state index contributed by atoms with van der Waals surface area (Å²) in [6, 6.07) is 10.5. The number of hydrogen-bond acceptors (Lipinski definition) is 4. The van der Waals surface area contributed by atoms with Gasteiger partial charge in [0.25, 0.3) is 0 Å². The molecule has 4 heteroatoms. The van der Waals surface area contributed by atoms with Crippen LogP contribution in [-0.2, 0) is 11.3 Å². The Balaban J connectivity index is 2.27. The van der Waals surface area contributed by atoms with Crippen molar-refractivity contribution in [3.05, 3.63) is 41.0 Å². The van der Waals surface area contributed by atoms with Crippen LogP contribution in [0, 0.1) is 0 Å². The third-order valence-corrected chi connectivity index (χ3v) is 4.54. The Morgan fingerprint density at radius 2 is 2.00 bits per heavy atom. The van der Waals surface area contributed by atoms with E-state index in [-0.39, 0.29) is 6.10 Å². The maximum atomic E-state index is 5.69. The van der Waals surface area contributed by atoms with Gasteiger partial charge < -0.3 is 10.1 Å². The van der Waals surface area contributed by atoms with Crippen LogP contribution in [-0.4, -0.2) is 18.1 Å². The van der Waals surface area contributed by atoms with Gasteiger partial charge in [0.15, 0.2) is 0 Å². The topological polar surface area (TPSA) is 34.2 Å².